The van der Waals surface area contributed by atoms with Crippen LogP contribution in [0.5, 0.6) is 11.5 Å². The fourth-order valence-electron chi connectivity index (χ4n) is 3.32. The highest BCUT2D eigenvalue weighted by Crippen LogP contribution is 2.27. The monoisotopic (exact) mass is 409 g/mol. The van der Waals surface area contributed by atoms with E-state index in [0.29, 0.717) is 25.3 Å². The third-order valence-corrected chi connectivity index (χ3v) is 4.59. The van der Waals surface area contributed by atoms with E-state index in [9.17, 15) is 18.0 Å². The van der Waals surface area contributed by atoms with Crippen molar-refractivity contribution in [3.63, 3.8) is 0 Å². The lowest BCUT2D eigenvalue weighted by Crippen LogP contribution is -2.42. The van der Waals surface area contributed by atoms with Crippen LogP contribution < -0.4 is 9.47 Å². The number of carbonyl (C=O) groups is 1. The molecule has 1 aliphatic heterocycles. The molecular formula is C20H22F3N3O3. The Labute approximate surface area is 166 Å². The van der Waals surface area contributed by atoms with Crippen molar-refractivity contribution < 1.29 is 27.4 Å². The van der Waals surface area contributed by atoms with Gasteiger partial charge in [0.15, 0.2) is 0 Å². The number of halogens is 3. The molecule has 0 aliphatic carbocycles. The number of aromatic nitrogens is 1. The highest BCUT2D eigenvalue weighted by atomic mass is 19.4. The number of ether oxygens (including phenoxy) is 2. The van der Waals surface area contributed by atoms with Crippen LogP contribution in [0.4, 0.5) is 13.2 Å². The first-order valence-corrected chi connectivity index (χ1v) is 9.08. The van der Waals surface area contributed by atoms with Gasteiger partial charge in [-0.2, -0.15) is 0 Å². The molecule has 0 spiro atoms. The average molecular weight is 409 g/mol. The summed E-state index contributed by atoms with van der Waals surface area (Å²) in [5, 5.41) is 0. The number of likely N-dealkylation sites (N-methyl/N-ethyl adjacent to an activating group) is 1. The number of pyridine rings is 1. The summed E-state index contributed by atoms with van der Waals surface area (Å²) in [6.45, 7) is 0.931. The van der Waals surface area contributed by atoms with E-state index < -0.39 is 6.36 Å². The largest absolute Gasteiger partial charge is 0.573 e. The molecule has 9 heteroatoms. The Kier molecular flexibility index (Phi) is 6.26. The van der Waals surface area contributed by atoms with Gasteiger partial charge in [-0.3, -0.25) is 14.7 Å². The predicted molar refractivity (Wildman–Crippen MR) is 99.3 cm³/mol. The first-order valence-electron chi connectivity index (χ1n) is 9.08. The van der Waals surface area contributed by atoms with E-state index in [-0.39, 0.29) is 23.8 Å². The minimum Gasteiger partial charge on any atom is -0.489 e. The van der Waals surface area contributed by atoms with Crippen molar-refractivity contribution in [1.82, 2.24) is 14.8 Å². The highest BCUT2D eigenvalue weighted by molar-refractivity contribution is 5.81. The molecule has 3 rings (SSSR count). The van der Waals surface area contributed by atoms with Gasteiger partial charge in [0.1, 0.15) is 17.6 Å². The molecule has 0 bridgehead atoms. The quantitative estimate of drug-likeness (QED) is 0.734. The summed E-state index contributed by atoms with van der Waals surface area (Å²) in [6, 6.07) is 8.81. The number of likely N-dealkylation sites (tertiary alicyclic amines) is 1. The number of benzene rings is 1. The van der Waals surface area contributed by atoms with Gasteiger partial charge in [0, 0.05) is 46.0 Å². The third kappa shape index (κ3) is 5.83. The molecule has 0 radical (unpaired) electrons. The van der Waals surface area contributed by atoms with E-state index in [1.807, 2.05) is 4.90 Å². The molecule has 2 aromatic rings. The topological polar surface area (TPSA) is 54.9 Å². The maximum Gasteiger partial charge on any atom is 0.573 e. The summed E-state index contributed by atoms with van der Waals surface area (Å²) < 4.78 is 46.8. The molecule has 156 valence electrons. The normalized spacial score (nSPS) is 19.8. The molecule has 1 amide bonds. The Balaban J connectivity index is 1.70. The van der Waals surface area contributed by atoms with E-state index >= 15 is 0 Å². The predicted octanol–water partition coefficient (Wildman–Crippen LogP) is 3.09. The number of rotatable bonds is 6. The number of amides is 1. The molecule has 1 fully saturated rings. The van der Waals surface area contributed by atoms with Crippen molar-refractivity contribution in [3.8, 4) is 11.5 Å². The molecule has 1 saturated heterocycles. The van der Waals surface area contributed by atoms with Gasteiger partial charge in [-0.25, -0.2) is 0 Å². The van der Waals surface area contributed by atoms with Crippen LogP contribution >= 0.6 is 0 Å². The molecule has 0 saturated carbocycles. The second kappa shape index (κ2) is 8.69. The molecule has 2 atom stereocenters. The van der Waals surface area contributed by atoms with Crippen molar-refractivity contribution >= 4 is 5.91 Å². The highest BCUT2D eigenvalue weighted by Gasteiger charge is 2.38. The number of hydrogen-bond acceptors (Lipinski definition) is 5. The van der Waals surface area contributed by atoms with Gasteiger partial charge < -0.3 is 14.4 Å². The second-order valence-electron chi connectivity index (χ2n) is 7.03. The minimum atomic E-state index is -4.72. The number of carbonyl (C=O) groups excluding carboxylic acids is 1. The summed E-state index contributed by atoms with van der Waals surface area (Å²) in [7, 11) is 3.39. The zero-order chi connectivity index (χ0) is 21.0. The van der Waals surface area contributed by atoms with Crippen LogP contribution in [0.15, 0.2) is 48.8 Å². The minimum absolute atomic E-state index is 0.0390. The molecule has 1 aromatic heterocycles. The van der Waals surface area contributed by atoms with Gasteiger partial charge in [0.05, 0.1) is 6.04 Å². The van der Waals surface area contributed by atoms with Crippen LogP contribution in [0.3, 0.4) is 0 Å². The van der Waals surface area contributed by atoms with Crippen LogP contribution in [-0.2, 0) is 11.3 Å². The number of nitrogens with zero attached hydrogens (tertiary/aromatic N) is 3. The van der Waals surface area contributed by atoms with Gasteiger partial charge >= 0.3 is 6.36 Å². The van der Waals surface area contributed by atoms with Crippen molar-refractivity contribution in [2.24, 2.45) is 0 Å². The van der Waals surface area contributed by atoms with Gasteiger partial charge in [-0.15, -0.1) is 13.2 Å². The second-order valence-corrected chi connectivity index (χ2v) is 7.03. The molecule has 1 aromatic carbocycles. The zero-order valence-electron chi connectivity index (χ0n) is 16.1. The van der Waals surface area contributed by atoms with Crippen LogP contribution in [-0.4, -0.2) is 59.8 Å². The number of hydrogen-bond donors (Lipinski definition) is 0. The zero-order valence-corrected chi connectivity index (χ0v) is 16.1. The Morgan fingerprint density at radius 2 is 1.79 bits per heavy atom. The molecule has 2 heterocycles. The van der Waals surface area contributed by atoms with E-state index in [1.165, 1.54) is 17.0 Å². The molecular weight excluding hydrogens is 387 g/mol. The molecule has 1 aliphatic rings. The molecule has 29 heavy (non-hydrogen) atoms. The molecule has 0 unspecified atom stereocenters. The SMILES string of the molecule is CN(C)C(=O)[C@@H]1C[C@@H](Oc2ccncc2)CN1Cc1ccc(OC(F)(F)F)cc1. The van der Waals surface area contributed by atoms with Crippen LogP contribution in [0.25, 0.3) is 0 Å². The maximum absolute atomic E-state index is 12.6. The molecule has 6 nitrogen and oxygen atoms in total. The Hall–Kier alpha value is -2.81. The van der Waals surface area contributed by atoms with Crippen LogP contribution in [0.1, 0.15) is 12.0 Å². The first-order chi connectivity index (χ1) is 13.7. The first kappa shape index (κ1) is 20.9. The third-order valence-electron chi connectivity index (χ3n) is 4.59. The van der Waals surface area contributed by atoms with Crippen molar-refractivity contribution in [1.29, 1.82) is 0 Å². The van der Waals surface area contributed by atoms with Crippen molar-refractivity contribution in [2.45, 2.75) is 31.5 Å². The summed E-state index contributed by atoms with van der Waals surface area (Å²) in [6.07, 6.45) is -1.12. The lowest BCUT2D eigenvalue weighted by molar-refractivity contribution is -0.274. The van der Waals surface area contributed by atoms with E-state index in [4.69, 9.17) is 4.74 Å². The van der Waals surface area contributed by atoms with Crippen molar-refractivity contribution in [3.05, 3.63) is 54.4 Å². The fourth-order valence-corrected chi connectivity index (χ4v) is 3.32. The molecule has 0 N–H and O–H groups in total. The van der Waals surface area contributed by atoms with Gasteiger partial charge in [0.25, 0.3) is 0 Å². The number of alkyl halides is 3. The Morgan fingerprint density at radius 3 is 2.38 bits per heavy atom. The summed E-state index contributed by atoms with van der Waals surface area (Å²) in [4.78, 5) is 20.1. The van der Waals surface area contributed by atoms with E-state index in [2.05, 4.69) is 9.72 Å². The Bertz CT molecular complexity index is 813. The lowest BCUT2D eigenvalue weighted by atomic mass is 10.1. The fraction of sp³-hybridized carbons (Fsp3) is 0.400. The Morgan fingerprint density at radius 1 is 1.14 bits per heavy atom. The van der Waals surface area contributed by atoms with Gasteiger partial charge in [-0.05, 0) is 29.8 Å². The smallest absolute Gasteiger partial charge is 0.489 e. The van der Waals surface area contributed by atoms with Gasteiger partial charge in [-0.1, -0.05) is 12.1 Å². The van der Waals surface area contributed by atoms with Crippen LogP contribution in [0, 0.1) is 0 Å². The van der Waals surface area contributed by atoms with Crippen molar-refractivity contribution in [2.75, 3.05) is 20.6 Å². The summed E-state index contributed by atoms with van der Waals surface area (Å²) >= 11 is 0. The summed E-state index contributed by atoms with van der Waals surface area (Å²) in [5.74, 6) is 0.363. The van der Waals surface area contributed by atoms with E-state index in [0.717, 1.165) is 5.56 Å². The van der Waals surface area contributed by atoms with Gasteiger partial charge in [0.2, 0.25) is 5.91 Å². The van der Waals surface area contributed by atoms with Crippen LogP contribution in [0.2, 0.25) is 0 Å². The lowest BCUT2D eigenvalue weighted by Gasteiger charge is -2.25. The standard InChI is InChI=1S/C20H22F3N3O3/c1-25(2)19(27)18-11-17(28-15-7-9-24-10-8-15)13-26(18)12-14-3-5-16(6-4-14)29-20(21,22)23/h3-10,17-18H,11-13H2,1-2H3/t17-,18+/m1/s1. The summed E-state index contributed by atoms with van der Waals surface area (Å²) in [5.41, 5.74) is 0.778. The maximum atomic E-state index is 12.6. The van der Waals surface area contributed by atoms with E-state index in [1.54, 1.807) is 50.8 Å². The average Bonchev–Trinajstić information content (AvgIpc) is 3.04.